The van der Waals surface area contributed by atoms with Crippen molar-refractivity contribution in [3.05, 3.63) is 158 Å². The molecule has 0 spiro atoms. The van der Waals surface area contributed by atoms with Crippen LogP contribution in [0, 0.1) is 11.3 Å². The first-order chi connectivity index (χ1) is 48.7. The van der Waals surface area contributed by atoms with E-state index in [4.69, 9.17) is 9.47 Å². The number of halogens is 11. The molecule has 8 aliphatic rings. The van der Waals surface area contributed by atoms with Gasteiger partial charge in [-0.1, -0.05) is 69.3 Å². The molecule has 3 saturated carbocycles. The number of para-hydroxylation sites is 1. The molecular formula is C78H100F11N11O4. The van der Waals surface area contributed by atoms with Gasteiger partial charge in [0, 0.05) is 123 Å². The molecule has 0 N–H and O–H groups in total. The number of carbonyl (C=O) groups excluding carboxylic acids is 2. The van der Waals surface area contributed by atoms with E-state index in [1.165, 1.54) is 70.1 Å². The van der Waals surface area contributed by atoms with Crippen LogP contribution in [0.5, 0.6) is 0 Å². The van der Waals surface area contributed by atoms with Crippen molar-refractivity contribution in [2.24, 2.45) is 11.3 Å². The lowest BCUT2D eigenvalue weighted by Crippen LogP contribution is -2.33. The first kappa shape index (κ1) is 78.9. The largest absolute Gasteiger partial charge is 0.461 e. The second-order valence-electron chi connectivity index (χ2n) is 31.2. The zero-order valence-corrected chi connectivity index (χ0v) is 62.5. The summed E-state index contributed by atoms with van der Waals surface area (Å²) in [7, 11) is 0. The van der Waals surface area contributed by atoms with Gasteiger partial charge < -0.3 is 18.6 Å². The number of benzene rings is 2. The quantitative estimate of drug-likeness (QED) is 0.0625. The minimum atomic E-state index is -4.84. The molecular weight excluding hydrogens is 1360 g/mol. The second-order valence-corrected chi connectivity index (χ2v) is 31.2. The fourth-order valence-electron chi connectivity index (χ4n) is 16.7. The van der Waals surface area contributed by atoms with Crippen molar-refractivity contribution >= 4 is 23.2 Å². The normalized spacial score (nSPS) is 21.3. The topological polar surface area (TPSA) is 147 Å². The number of hydrogen-bond donors (Lipinski definition) is 0. The highest BCUT2D eigenvalue weighted by Gasteiger charge is 2.64. The van der Waals surface area contributed by atoms with Crippen molar-refractivity contribution in [3.63, 3.8) is 0 Å². The highest BCUT2D eigenvalue weighted by molar-refractivity contribution is 5.90. The van der Waals surface area contributed by atoms with Crippen molar-refractivity contribution in [2.45, 2.75) is 284 Å². The highest BCUT2D eigenvalue weighted by Crippen LogP contribution is 2.69. The van der Waals surface area contributed by atoms with Crippen LogP contribution < -0.4 is 0 Å². The Kier molecular flexibility index (Phi) is 23.0. The van der Waals surface area contributed by atoms with Crippen LogP contribution in [0.4, 0.5) is 48.3 Å². The van der Waals surface area contributed by atoms with Crippen molar-refractivity contribution in [2.75, 3.05) is 6.61 Å². The van der Waals surface area contributed by atoms with Gasteiger partial charge in [-0.3, -0.25) is 23.5 Å². The average Bonchev–Trinajstić information content (AvgIpc) is 1.50. The SMILES string of the molecule is CC(C)n1cc(C(F)(F)F)nc1COCc1ccccc1.CC(C)n1ccc2ccccc21.CC(C)n1nc(C(F)(F)F)c2c1C1CCC2(C)C1(C)C.CC(C)n1nc(C(F)(F)F)c2c1CCCC2(F)F.CC(C)n1nc(C=O)c2c1C1CC(C2)C1.CCOC(=O)c1nn(C(C)C)c2c1C1CCC2C1. The predicted molar refractivity (Wildman–Crippen MR) is 375 cm³/mol. The lowest BCUT2D eigenvalue weighted by Gasteiger charge is -2.41. The monoisotopic (exact) mass is 1460 g/mol. The van der Waals surface area contributed by atoms with E-state index in [2.05, 4.69) is 127 Å². The number of aromatic nitrogens is 11. The summed E-state index contributed by atoms with van der Waals surface area (Å²) in [5.41, 5.74) is 5.56. The van der Waals surface area contributed by atoms with Gasteiger partial charge >= 0.3 is 24.5 Å². The lowest BCUT2D eigenvalue weighted by molar-refractivity contribution is -0.146. The molecule has 3 fully saturated rings. The molecule has 4 atom stereocenters. The summed E-state index contributed by atoms with van der Waals surface area (Å²) in [5.74, 6) is -0.554. The Morgan fingerprint density at radius 1 is 0.615 bits per heavy atom. The molecule has 0 radical (unpaired) electrons. The third kappa shape index (κ3) is 15.5. The Morgan fingerprint density at radius 2 is 1.19 bits per heavy atom. The summed E-state index contributed by atoms with van der Waals surface area (Å²) in [4.78, 5) is 26.6. The maximum atomic E-state index is 13.7. The molecule has 0 amide bonds. The van der Waals surface area contributed by atoms with Gasteiger partial charge in [0.15, 0.2) is 29.1 Å². The number of aldehydes is 1. The van der Waals surface area contributed by atoms with Crippen molar-refractivity contribution in [1.82, 2.24) is 53.2 Å². The first-order valence-electron chi connectivity index (χ1n) is 36.6. The van der Waals surface area contributed by atoms with Crippen LogP contribution in [-0.4, -0.2) is 72.1 Å². The Morgan fingerprint density at radius 3 is 1.78 bits per heavy atom. The van der Waals surface area contributed by atoms with E-state index in [1.807, 2.05) is 76.6 Å². The van der Waals surface area contributed by atoms with Crippen LogP contribution in [0.25, 0.3) is 10.9 Å². The number of ether oxygens (including phenoxy) is 2. The molecule has 26 heteroatoms. The summed E-state index contributed by atoms with van der Waals surface area (Å²) in [6.45, 7) is 32.4. The third-order valence-corrected chi connectivity index (χ3v) is 22.0. The van der Waals surface area contributed by atoms with Gasteiger partial charge in [0.1, 0.15) is 18.1 Å². The fraction of sp³-hybridized carbons (Fsp3) is 0.603. The molecule has 4 unspecified atom stereocenters. The van der Waals surface area contributed by atoms with E-state index in [0.717, 1.165) is 53.6 Å². The summed E-state index contributed by atoms with van der Waals surface area (Å²) in [6.07, 6.45) is -0.569. The van der Waals surface area contributed by atoms with Gasteiger partial charge in [0.2, 0.25) is 0 Å². The number of esters is 1. The Bertz CT molecular complexity index is 4300. The molecule has 6 heterocycles. The third-order valence-electron chi connectivity index (χ3n) is 22.0. The minimum Gasteiger partial charge on any atom is -0.461 e. The average molecular weight is 1460 g/mol. The number of nitrogens with zero attached hydrogens (tertiary/aromatic N) is 11. The molecule has 2 aromatic carbocycles. The molecule has 6 bridgehead atoms. The summed E-state index contributed by atoms with van der Waals surface area (Å²) >= 11 is 0. The zero-order chi connectivity index (χ0) is 76.2. The first-order valence-corrected chi connectivity index (χ1v) is 36.6. The van der Waals surface area contributed by atoms with Gasteiger partial charge in [0.05, 0.1) is 18.8 Å². The molecule has 568 valence electrons. The Labute approximate surface area is 601 Å². The van der Waals surface area contributed by atoms with Gasteiger partial charge in [-0.2, -0.15) is 59.9 Å². The smallest absolute Gasteiger partial charge is 0.435 e. The van der Waals surface area contributed by atoms with Crippen molar-refractivity contribution in [3.8, 4) is 0 Å². The zero-order valence-electron chi connectivity index (χ0n) is 62.5. The van der Waals surface area contributed by atoms with Crippen LogP contribution >= 0.6 is 0 Å². The summed E-state index contributed by atoms with van der Waals surface area (Å²) in [6, 6.07) is 20.8. The van der Waals surface area contributed by atoms with Crippen LogP contribution in [-0.2, 0) is 65.4 Å². The van der Waals surface area contributed by atoms with E-state index in [-0.39, 0.29) is 66.4 Å². The van der Waals surface area contributed by atoms with E-state index in [1.54, 1.807) is 18.5 Å². The highest BCUT2D eigenvalue weighted by atomic mass is 19.4. The van der Waals surface area contributed by atoms with E-state index in [0.29, 0.717) is 66.0 Å². The van der Waals surface area contributed by atoms with Crippen molar-refractivity contribution < 1.29 is 67.4 Å². The lowest BCUT2D eigenvalue weighted by atomic mass is 9.64. The maximum absolute atomic E-state index is 13.7. The van der Waals surface area contributed by atoms with E-state index in [9.17, 15) is 57.9 Å². The number of rotatable bonds is 13. The number of carbonyl (C=O) groups is 2. The van der Waals surface area contributed by atoms with Gasteiger partial charge in [0.25, 0.3) is 5.92 Å². The molecule has 8 aliphatic carbocycles. The number of hydrogen-bond acceptors (Lipinski definition) is 9. The van der Waals surface area contributed by atoms with Crippen LogP contribution in [0.3, 0.4) is 0 Å². The molecule has 16 rings (SSSR count). The van der Waals surface area contributed by atoms with Crippen LogP contribution in [0.15, 0.2) is 73.1 Å². The molecule has 6 aromatic heterocycles. The van der Waals surface area contributed by atoms with Gasteiger partial charge in [-0.15, -0.1) is 0 Å². The number of alkyl halides is 11. The van der Waals surface area contributed by atoms with E-state index >= 15 is 0 Å². The maximum Gasteiger partial charge on any atom is 0.435 e. The van der Waals surface area contributed by atoms with Crippen LogP contribution in [0.1, 0.15) is 323 Å². The summed E-state index contributed by atoms with van der Waals surface area (Å²) in [5, 5.41) is 17.6. The number of imidazole rings is 1. The standard InChI is InChI=1S/C15H17F3N2O.C15H21F3N2.C14H20N2O2.C12H16N2O.C11H13F5N2.C11H13N/c1-11(2)20-8-13(15(16,17)18)19-14(20)10-21-9-12-6-4-3-5-7-12;1-8(2)20-11-9-6-7-14(5,13(9,3)4)10(11)12(19-20)15(16,17)18;1-4-18-14(17)12-11-9-5-6-10(7-9)13(11)16(15-12)8(2)3;1-7(2)14-12-9-3-8(4-9)5-10(12)11(6-15)13-14;1-6(2)18-7-4-3-5-10(12,13)8(7)9(17-18)11(14,15)16;1-9(2)12-8-7-10-5-3-4-6-11(10)12/h3-8,11H,9-10H2,1-2H3;8-9H,6-7H2,1-5H3;8-10H,4-7H2,1-3H3;6-9H,3-5H2,1-2H3;6H,3-5H2,1-2H3;3-9H,1-2H3. The Hall–Kier alpha value is -7.64. The molecule has 15 nitrogen and oxygen atoms in total. The van der Waals surface area contributed by atoms with Gasteiger partial charge in [-0.25, -0.2) is 18.6 Å². The fourth-order valence-corrected chi connectivity index (χ4v) is 16.7. The molecule has 8 aromatic rings. The van der Waals surface area contributed by atoms with E-state index < -0.39 is 58.9 Å². The summed E-state index contributed by atoms with van der Waals surface area (Å²) < 4.78 is 165. The van der Waals surface area contributed by atoms with Gasteiger partial charge in [-0.05, 0) is 195 Å². The van der Waals surface area contributed by atoms with Crippen LogP contribution in [0.2, 0.25) is 0 Å². The minimum absolute atomic E-state index is 0.0218. The number of fused-ring (bicyclic) bond motifs is 12. The second kappa shape index (κ2) is 30.3. The molecule has 0 saturated heterocycles. The predicted octanol–water partition coefficient (Wildman–Crippen LogP) is 21.3. The molecule has 104 heavy (non-hydrogen) atoms. The Balaban J connectivity index is 0.000000135. The molecule has 0 aliphatic heterocycles. The van der Waals surface area contributed by atoms with Crippen molar-refractivity contribution in [1.29, 1.82) is 0 Å².